The summed E-state index contributed by atoms with van der Waals surface area (Å²) in [6.45, 7) is 4.00. The van der Waals surface area contributed by atoms with Crippen molar-refractivity contribution in [3.8, 4) is 11.2 Å². The van der Waals surface area contributed by atoms with E-state index in [1.807, 2.05) is 35.1 Å². The summed E-state index contributed by atoms with van der Waals surface area (Å²) in [6.07, 6.45) is 5.23. The van der Waals surface area contributed by atoms with Crippen molar-refractivity contribution in [3.63, 3.8) is 0 Å². The van der Waals surface area contributed by atoms with Crippen LogP contribution in [0.5, 0.6) is 0 Å². The van der Waals surface area contributed by atoms with Gasteiger partial charge >= 0.3 is 5.97 Å². The summed E-state index contributed by atoms with van der Waals surface area (Å²) in [6, 6.07) is 3.17. The van der Waals surface area contributed by atoms with Crippen LogP contribution in [-0.4, -0.2) is 36.2 Å². The number of carbonyl (C=O) groups excluding carboxylic acids is 2. The molecule has 0 spiro atoms. The van der Waals surface area contributed by atoms with Gasteiger partial charge in [-0.05, 0) is 50.8 Å². The zero-order chi connectivity index (χ0) is 21.8. The maximum atomic E-state index is 12.8. The van der Waals surface area contributed by atoms with Crippen LogP contribution in [0.2, 0.25) is 5.15 Å². The van der Waals surface area contributed by atoms with E-state index in [4.69, 9.17) is 21.1 Å². The highest BCUT2D eigenvalue weighted by molar-refractivity contribution is 14.2. The van der Waals surface area contributed by atoms with Crippen molar-refractivity contribution in [3.05, 3.63) is 58.1 Å². The lowest BCUT2D eigenvalue weighted by molar-refractivity contribution is -0.136. The Morgan fingerprint density at radius 1 is 1.24 bits per heavy atom. The Hall–Kier alpha value is -1.83. The van der Waals surface area contributed by atoms with E-state index in [0.29, 0.717) is 22.6 Å². The second-order valence-electron chi connectivity index (χ2n) is 5.16. The molecule has 6 nitrogen and oxygen atoms in total. The Kier molecular flexibility index (Phi) is 11.7. The number of allylic oxidation sites excluding steroid dienone is 4. The molecule has 1 atom stereocenters. The molecule has 1 unspecified atom stereocenters. The number of methoxy groups -OCH3 is 2. The minimum atomic E-state index is -0.831. The van der Waals surface area contributed by atoms with Gasteiger partial charge in [-0.2, -0.15) is 5.10 Å². The zero-order valence-corrected chi connectivity index (χ0v) is 20.1. The lowest BCUT2D eigenvalue weighted by Gasteiger charge is -2.18. The highest BCUT2D eigenvalue weighted by atomic mass is 127. The minimum absolute atomic E-state index is 0.214. The van der Waals surface area contributed by atoms with Gasteiger partial charge in [0.2, 0.25) is 5.78 Å². The Bertz CT molecular complexity index is 886. The molecular weight excluding hydrogens is 527 g/mol. The molecule has 1 aliphatic carbocycles. The molecule has 1 aromatic heterocycles. The van der Waals surface area contributed by atoms with Crippen LogP contribution in [0.25, 0.3) is 0 Å². The molecule has 0 saturated carbocycles. The standard InChI is InChI=1S/C18H14ClIN2O4S.C2H6/c1-25-15-7-4-11(18(24)26-2)3-5-12(15)17(14(23)9-10-27-20)13-6-8-16(19)22-21-13;1-2/h4-8,17H,3H2,1-2H3;1-2H3. The number of aromatic nitrogens is 2. The van der Waals surface area contributed by atoms with Gasteiger partial charge in [-0.3, -0.25) is 4.79 Å². The first-order valence-corrected chi connectivity index (χ1v) is 12.3. The van der Waals surface area contributed by atoms with Crippen molar-refractivity contribution >= 4 is 53.5 Å². The minimum Gasteiger partial charge on any atom is -0.496 e. The summed E-state index contributed by atoms with van der Waals surface area (Å²) in [5.74, 6) is 1.36. The number of nitrogens with zero attached hydrogens (tertiary/aromatic N) is 2. The quantitative estimate of drug-likeness (QED) is 0.298. The molecule has 0 aromatic carbocycles. The lowest BCUT2D eigenvalue weighted by Crippen LogP contribution is -2.17. The maximum Gasteiger partial charge on any atom is 0.334 e. The number of esters is 1. The third-order valence-electron chi connectivity index (χ3n) is 3.66. The lowest BCUT2D eigenvalue weighted by atomic mass is 9.89. The van der Waals surface area contributed by atoms with E-state index in [9.17, 15) is 9.59 Å². The predicted octanol–water partition coefficient (Wildman–Crippen LogP) is 4.81. The number of halogens is 2. The molecule has 1 aromatic rings. The molecule has 0 radical (unpaired) electrons. The van der Waals surface area contributed by atoms with E-state index >= 15 is 0 Å². The molecule has 154 valence electrons. The third-order valence-corrected chi connectivity index (χ3v) is 4.71. The summed E-state index contributed by atoms with van der Waals surface area (Å²) >= 11 is 7.80. The van der Waals surface area contributed by atoms with Crippen molar-refractivity contribution in [2.24, 2.45) is 0 Å². The van der Waals surface area contributed by atoms with Crippen LogP contribution in [0.3, 0.4) is 0 Å². The number of carbonyl (C=O) groups is 2. The van der Waals surface area contributed by atoms with Gasteiger partial charge in [0.05, 0.1) is 19.9 Å². The molecule has 1 heterocycles. The molecule has 9 heteroatoms. The molecule has 0 fully saturated rings. The fraction of sp³-hybridized carbons (Fsp3) is 0.300. The second-order valence-corrected chi connectivity index (χ2v) is 7.23. The largest absolute Gasteiger partial charge is 0.496 e. The molecular formula is C20H20ClIN2O4S. The second kappa shape index (κ2) is 13.4. The van der Waals surface area contributed by atoms with Crippen molar-refractivity contribution in [1.82, 2.24) is 10.2 Å². The summed E-state index contributed by atoms with van der Waals surface area (Å²) in [4.78, 5) is 24.7. The number of hydrogen-bond acceptors (Lipinski definition) is 7. The highest BCUT2D eigenvalue weighted by Gasteiger charge is 2.29. The summed E-state index contributed by atoms with van der Waals surface area (Å²) in [7, 11) is 4.00. The van der Waals surface area contributed by atoms with Crippen molar-refractivity contribution in [1.29, 1.82) is 0 Å². The Morgan fingerprint density at radius 3 is 2.52 bits per heavy atom. The first-order chi connectivity index (χ1) is 14.0. The van der Waals surface area contributed by atoms with Gasteiger partial charge in [0.1, 0.15) is 11.7 Å². The molecule has 29 heavy (non-hydrogen) atoms. The number of ether oxygens (including phenoxy) is 2. The molecule has 0 N–H and O–H groups in total. The van der Waals surface area contributed by atoms with Gasteiger partial charge in [0, 0.05) is 32.4 Å². The average Bonchev–Trinajstić information content (AvgIpc) is 2.97. The average molecular weight is 547 g/mol. The van der Waals surface area contributed by atoms with Gasteiger partial charge in [-0.15, -0.1) is 5.10 Å². The van der Waals surface area contributed by atoms with Crippen LogP contribution in [0.1, 0.15) is 31.9 Å². The van der Waals surface area contributed by atoms with Gasteiger partial charge in [-0.25, -0.2) is 4.79 Å². The number of hydrogen-bond donors (Lipinski definition) is 0. The summed E-state index contributed by atoms with van der Waals surface area (Å²) in [5, 5.41) is 10.8. The van der Waals surface area contributed by atoms with E-state index in [1.54, 1.807) is 30.4 Å². The van der Waals surface area contributed by atoms with Crippen LogP contribution in [0.15, 0.2) is 47.3 Å². The number of rotatable bonds is 5. The smallest absolute Gasteiger partial charge is 0.334 e. The van der Waals surface area contributed by atoms with E-state index < -0.39 is 11.9 Å². The zero-order valence-electron chi connectivity index (χ0n) is 16.4. The van der Waals surface area contributed by atoms with Crippen LogP contribution in [0.4, 0.5) is 0 Å². The normalized spacial score (nSPS) is 13.7. The van der Waals surface area contributed by atoms with E-state index in [-0.39, 0.29) is 17.4 Å². The fourth-order valence-corrected chi connectivity index (χ4v) is 3.02. The van der Waals surface area contributed by atoms with Crippen molar-refractivity contribution < 1.29 is 19.1 Å². The number of Topliss-reactive ketones (excluding diaryl/α,β-unsaturated/α-hetero) is 1. The SMILES string of the molecule is CC.COC(=O)C1=CC=C(OC)C(C(C(=O)C#CSI)c2ccc(Cl)nn2)=CC1. The van der Waals surface area contributed by atoms with E-state index in [0.717, 1.165) is 0 Å². The molecule has 0 amide bonds. The molecule has 0 aliphatic heterocycles. The summed E-state index contributed by atoms with van der Waals surface area (Å²) in [5.41, 5.74) is 1.36. The molecule has 2 rings (SSSR count). The Labute approximate surface area is 191 Å². The van der Waals surface area contributed by atoms with Gasteiger partial charge in [0.15, 0.2) is 5.15 Å². The van der Waals surface area contributed by atoms with Crippen molar-refractivity contribution in [2.75, 3.05) is 14.2 Å². The van der Waals surface area contributed by atoms with Crippen LogP contribution in [-0.2, 0) is 19.1 Å². The van der Waals surface area contributed by atoms with Crippen LogP contribution in [0, 0.1) is 11.2 Å². The van der Waals surface area contributed by atoms with Crippen LogP contribution >= 0.6 is 41.7 Å². The molecule has 0 saturated heterocycles. The Balaban J connectivity index is 0.00000204. The monoisotopic (exact) mass is 546 g/mol. The van der Waals surface area contributed by atoms with Gasteiger partial charge in [0.25, 0.3) is 0 Å². The maximum absolute atomic E-state index is 12.8. The van der Waals surface area contributed by atoms with E-state index in [2.05, 4.69) is 21.4 Å². The predicted molar refractivity (Wildman–Crippen MR) is 123 cm³/mol. The third kappa shape index (κ3) is 7.17. The van der Waals surface area contributed by atoms with Gasteiger partial charge < -0.3 is 9.47 Å². The molecule has 0 bridgehead atoms. The van der Waals surface area contributed by atoms with E-state index in [1.165, 1.54) is 23.2 Å². The summed E-state index contributed by atoms with van der Waals surface area (Å²) < 4.78 is 10.2. The highest BCUT2D eigenvalue weighted by Crippen LogP contribution is 2.33. The topological polar surface area (TPSA) is 78.4 Å². The first kappa shape index (κ1) is 25.2. The molecule has 1 aliphatic rings. The van der Waals surface area contributed by atoms with Crippen molar-refractivity contribution in [2.45, 2.75) is 26.2 Å². The number of ketones is 1. The van der Waals surface area contributed by atoms with Crippen LogP contribution < -0.4 is 0 Å². The Morgan fingerprint density at radius 2 is 1.97 bits per heavy atom. The van der Waals surface area contributed by atoms with Gasteiger partial charge in [-0.1, -0.05) is 31.5 Å². The first-order valence-electron chi connectivity index (χ1n) is 8.57. The fourth-order valence-electron chi connectivity index (χ4n) is 2.45.